The Morgan fingerprint density at radius 3 is 2.62 bits per heavy atom. The first-order chi connectivity index (χ1) is 14.1. The lowest BCUT2D eigenvalue weighted by molar-refractivity contribution is 0.179. The molecule has 0 radical (unpaired) electrons. The maximum atomic E-state index is 13.0. The van der Waals surface area contributed by atoms with Gasteiger partial charge in [-0.1, -0.05) is 0 Å². The highest BCUT2D eigenvalue weighted by atomic mass is 32.2. The molecular formula is C21H25N3O4S. The Labute approximate surface area is 171 Å². The summed E-state index contributed by atoms with van der Waals surface area (Å²) in [6, 6.07) is 9.06. The molecule has 0 unspecified atom stereocenters. The minimum absolute atomic E-state index is 0.319. The van der Waals surface area contributed by atoms with E-state index in [0.29, 0.717) is 48.9 Å². The molecule has 29 heavy (non-hydrogen) atoms. The fourth-order valence-corrected chi connectivity index (χ4v) is 5.52. The fraction of sp³-hybridized carbons (Fsp3) is 0.524. The van der Waals surface area contributed by atoms with Gasteiger partial charge in [-0.05, 0) is 61.4 Å². The van der Waals surface area contributed by atoms with E-state index in [4.69, 9.17) is 9.47 Å². The third-order valence-corrected chi connectivity index (χ3v) is 7.89. The van der Waals surface area contributed by atoms with Crippen molar-refractivity contribution >= 4 is 10.0 Å². The molecule has 154 valence electrons. The van der Waals surface area contributed by atoms with Gasteiger partial charge < -0.3 is 9.47 Å². The average Bonchev–Trinajstić information content (AvgIpc) is 3.49. The van der Waals surface area contributed by atoms with E-state index in [1.54, 1.807) is 22.5 Å². The third-order valence-electron chi connectivity index (χ3n) is 6.00. The minimum Gasteiger partial charge on any atom is -0.493 e. The molecule has 2 aliphatic heterocycles. The molecule has 1 aliphatic carbocycles. The van der Waals surface area contributed by atoms with E-state index >= 15 is 0 Å². The fourth-order valence-electron chi connectivity index (χ4n) is 4.00. The molecule has 3 aliphatic rings. The van der Waals surface area contributed by atoms with Crippen molar-refractivity contribution in [3.8, 4) is 11.6 Å². The number of nitrogens with zero attached hydrogens (tertiary/aromatic N) is 3. The van der Waals surface area contributed by atoms with Crippen molar-refractivity contribution in [3.05, 3.63) is 41.6 Å². The summed E-state index contributed by atoms with van der Waals surface area (Å²) in [6.07, 6.45) is 4.73. The van der Waals surface area contributed by atoms with Crippen LogP contribution in [0.2, 0.25) is 0 Å². The van der Waals surface area contributed by atoms with Crippen LogP contribution in [0.25, 0.3) is 0 Å². The van der Waals surface area contributed by atoms with Crippen molar-refractivity contribution in [2.45, 2.75) is 42.9 Å². The van der Waals surface area contributed by atoms with Gasteiger partial charge in [0, 0.05) is 31.5 Å². The first kappa shape index (κ1) is 18.8. The number of piperidine rings is 1. The van der Waals surface area contributed by atoms with Crippen LogP contribution in [-0.4, -0.2) is 49.2 Å². The molecule has 0 atom stereocenters. The van der Waals surface area contributed by atoms with E-state index in [1.807, 2.05) is 12.1 Å². The van der Waals surface area contributed by atoms with E-state index in [-0.39, 0.29) is 0 Å². The van der Waals surface area contributed by atoms with Crippen LogP contribution in [0, 0.1) is 5.92 Å². The molecule has 1 saturated heterocycles. The Kier molecular flexibility index (Phi) is 4.91. The number of hydrogen-bond donors (Lipinski definition) is 0. The van der Waals surface area contributed by atoms with Crippen LogP contribution in [0.5, 0.6) is 11.6 Å². The molecule has 1 aromatic heterocycles. The molecule has 1 saturated carbocycles. The van der Waals surface area contributed by atoms with E-state index in [9.17, 15) is 8.42 Å². The highest BCUT2D eigenvalue weighted by molar-refractivity contribution is 7.89. The monoisotopic (exact) mass is 415 g/mol. The lowest BCUT2D eigenvalue weighted by atomic mass is 9.99. The van der Waals surface area contributed by atoms with Gasteiger partial charge in [-0.3, -0.25) is 0 Å². The molecule has 8 heteroatoms. The molecule has 5 rings (SSSR count). The van der Waals surface area contributed by atoms with Crippen molar-refractivity contribution < 1.29 is 17.9 Å². The maximum Gasteiger partial charge on any atom is 0.243 e. The summed E-state index contributed by atoms with van der Waals surface area (Å²) in [5.41, 5.74) is 2.03. The summed E-state index contributed by atoms with van der Waals surface area (Å²) in [7, 11) is -3.47. The Morgan fingerprint density at radius 1 is 1.07 bits per heavy atom. The van der Waals surface area contributed by atoms with Crippen LogP contribution in [0.15, 0.2) is 35.2 Å². The van der Waals surface area contributed by atoms with E-state index in [2.05, 4.69) is 10.2 Å². The van der Waals surface area contributed by atoms with Crippen LogP contribution in [0.4, 0.5) is 0 Å². The van der Waals surface area contributed by atoms with Gasteiger partial charge in [-0.2, -0.15) is 9.40 Å². The summed E-state index contributed by atoms with van der Waals surface area (Å²) in [5.74, 6) is 2.25. The highest BCUT2D eigenvalue weighted by Crippen LogP contribution is 2.38. The summed E-state index contributed by atoms with van der Waals surface area (Å²) in [4.78, 5) is 0.363. The maximum absolute atomic E-state index is 13.0. The normalized spacial score (nSPS) is 20.3. The van der Waals surface area contributed by atoms with Gasteiger partial charge in [0.2, 0.25) is 15.9 Å². The first-order valence-corrected chi connectivity index (χ1v) is 11.8. The predicted octanol–water partition coefficient (Wildman–Crippen LogP) is 2.77. The second-order valence-corrected chi connectivity index (χ2v) is 10.0. The molecular weight excluding hydrogens is 390 g/mol. The topological polar surface area (TPSA) is 81.6 Å². The first-order valence-electron chi connectivity index (χ1n) is 10.3. The largest absolute Gasteiger partial charge is 0.493 e. The van der Waals surface area contributed by atoms with Gasteiger partial charge in [-0.15, -0.1) is 5.10 Å². The summed E-state index contributed by atoms with van der Waals surface area (Å²) >= 11 is 0. The molecule has 0 bridgehead atoms. The summed E-state index contributed by atoms with van der Waals surface area (Å²) in [6.45, 7) is 2.19. The van der Waals surface area contributed by atoms with Crippen LogP contribution < -0.4 is 9.47 Å². The Bertz CT molecular complexity index is 981. The van der Waals surface area contributed by atoms with Crippen LogP contribution >= 0.6 is 0 Å². The Hall–Kier alpha value is -2.19. The molecule has 2 aromatic rings. The minimum atomic E-state index is -3.47. The highest BCUT2D eigenvalue weighted by Gasteiger charge is 2.31. The van der Waals surface area contributed by atoms with Crippen molar-refractivity contribution in [2.24, 2.45) is 5.92 Å². The SMILES string of the molecule is O=S(=O)(c1ccc2c(c1)CCO2)N1CCC(COc2ccc(C3CC3)nn2)CC1. The molecule has 7 nitrogen and oxygen atoms in total. The Morgan fingerprint density at radius 2 is 1.90 bits per heavy atom. The van der Waals surface area contributed by atoms with E-state index < -0.39 is 10.0 Å². The van der Waals surface area contributed by atoms with Crippen molar-refractivity contribution in [1.82, 2.24) is 14.5 Å². The quantitative estimate of drug-likeness (QED) is 0.722. The van der Waals surface area contributed by atoms with Crippen LogP contribution in [-0.2, 0) is 16.4 Å². The van der Waals surface area contributed by atoms with E-state index in [1.165, 1.54) is 12.8 Å². The third kappa shape index (κ3) is 3.96. The molecule has 0 spiro atoms. The van der Waals surface area contributed by atoms with Gasteiger partial charge in [0.1, 0.15) is 5.75 Å². The zero-order chi connectivity index (χ0) is 19.8. The molecule has 0 N–H and O–H groups in total. The Balaban J connectivity index is 1.15. The van der Waals surface area contributed by atoms with Crippen molar-refractivity contribution in [1.29, 1.82) is 0 Å². The smallest absolute Gasteiger partial charge is 0.243 e. The van der Waals surface area contributed by atoms with Gasteiger partial charge in [0.25, 0.3) is 0 Å². The zero-order valence-corrected chi connectivity index (χ0v) is 17.1. The lowest BCUT2D eigenvalue weighted by Gasteiger charge is -2.31. The molecule has 2 fully saturated rings. The van der Waals surface area contributed by atoms with Gasteiger partial charge in [0.05, 0.1) is 23.8 Å². The van der Waals surface area contributed by atoms with Gasteiger partial charge >= 0.3 is 0 Å². The summed E-state index contributed by atoms with van der Waals surface area (Å²) < 4.78 is 38.9. The average molecular weight is 416 g/mol. The standard InChI is InChI=1S/C21H25N3O4S/c25-29(26,18-3-5-20-17(13-18)9-12-27-20)24-10-7-15(8-11-24)14-28-21-6-4-19(22-23-21)16-1-2-16/h3-6,13,15-16H,1-2,7-12,14H2. The number of rotatable bonds is 6. The second-order valence-electron chi connectivity index (χ2n) is 8.10. The van der Waals surface area contributed by atoms with E-state index in [0.717, 1.165) is 36.3 Å². The van der Waals surface area contributed by atoms with Gasteiger partial charge in [-0.25, -0.2) is 8.42 Å². The molecule has 3 heterocycles. The number of hydrogen-bond acceptors (Lipinski definition) is 6. The van der Waals surface area contributed by atoms with Crippen molar-refractivity contribution in [2.75, 3.05) is 26.3 Å². The van der Waals surface area contributed by atoms with Crippen molar-refractivity contribution in [3.63, 3.8) is 0 Å². The predicted molar refractivity (Wildman–Crippen MR) is 107 cm³/mol. The number of benzene rings is 1. The second kappa shape index (κ2) is 7.57. The lowest BCUT2D eigenvalue weighted by Crippen LogP contribution is -2.39. The zero-order valence-electron chi connectivity index (χ0n) is 16.3. The summed E-state index contributed by atoms with van der Waals surface area (Å²) in [5, 5.41) is 8.39. The number of sulfonamides is 1. The van der Waals surface area contributed by atoms with Crippen LogP contribution in [0.1, 0.15) is 42.9 Å². The molecule has 0 amide bonds. The number of ether oxygens (including phenoxy) is 2. The van der Waals surface area contributed by atoms with Gasteiger partial charge in [0.15, 0.2) is 0 Å². The van der Waals surface area contributed by atoms with Crippen LogP contribution in [0.3, 0.4) is 0 Å². The number of fused-ring (bicyclic) bond motifs is 1. The molecule has 1 aromatic carbocycles. The number of aromatic nitrogens is 2.